The Balaban J connectivity index is 2.61. The summed E-state index contributed by atoms with van der Waals surface area (Å²) in [6.07, 6.45) is -4.66. The van der Waals surface area contributed by atoms with Crippen LogP contribution in [0, 0.1) is 0 Å². The quantitative estimate of drug-likeness (QED) is 0.692. The number of anilines is 2. The van der Waals surface area contributed by atoms with Crippen LogP contribution in [-0.2, 0) is 10.9 Å². The van der Waals surface area contributed by atoms with Gasteiger partial charge in [0.2, 0.25) is 5.95 Å². The highest BCUT2D eigenvalue weighted by Gasteiger charge is 2.35. The second-order valence-corrected chi connectivity index (χ2v) is 3.44. The molecule has 1 amide bonds. The van der Waals surface area contributed by atoms with Crippen molar-refractivity contribution in [2.24, 2.45) is 5.73 Å². The number of alkyl halides is 3. The van der Waals surface area contributed by atoms with Crippen LogP contribution in [0.5, 0.6) is 0 Å². The summed E-state index contributed by atoms with van der Waals surface area (Å²) in [5.41, 5.74) is 8.93. The molecule has 0 bridgehead atoms. The largest absolute Gasteiger partial charge is 0.450 e. The topological polar surface area (TPSA) is 116 Å². The molecule has 1 aromatic rings. The molecule has 7 nitrogen and oxygen atoms in total. The Morgan fingerprint density at radius 2 is 2.16 bits per heavy atom. The summed E-state index contributed by atoms with van der Waals surface area (Å²) in [7, 11) is 0. The Morgan fingerprint density at radius 3 is 2.74 bits per heavy atom. The smallest absolute Gasteiger partial charge is 0.421 e. The molecule has 0 unspecified atom stereocenters. The molecule has 19 heavy (non-hydrogen) atoms. The lowest BCUT2D eigenvalue weighted by atomic mass is 10.3. The van der Waals surface area contributed by atoms with Gasteiger partial charge in [-0.05, 0) is 6.42 Å². The zero-order valence-corrected chi connectivity index (χ0v) is 9.70. The van der Waals surface area contributed by atoms with Crippen molar-refractivity contribution in [2.45, 2.75) is 12.6 Å². The standard InChI is InChI=1S/C9H12F3N5O2/c10-9(11,12)5-4-16-7(13)17-6(5)15-2-1-3-19-8(14)18/h4H,1-3H2,(H2,14,18)(H3,13,15,16,17). The first kappa shape index (κ1) is 14.8. The van der Waals surface area contributed by atoms with E-state index in [4.69, 9.17) is 11.5 Å². The molecule has 0 radical (unpaired) electrons. The number of nitrogens with one attached hydrogen (secondary N) is 1. The van der Waals surface area contributed by atoms with E-state index in [1.165, 1.54) is 0 Å². The molecule has 5 N–H and O–H groups in total. The number of nitrogens with two attached hydrogens (primary N) is 2. The van der Waals surface area contributed by atoms with Crippen LogP contribution in [-0.4, -0.2) is 29.2 Å². The summed E-state index contributed by atoms with van der Waals surface area (Å²) in [6.45, 7) is 0.0943. The minimum Gasteiger partial charge on any atom is -0.450 e. The normalized spacial score (nSPS) is 11.1. The number of halogens is 3. The Labute approximate surface area is 106 Å². The van der Waals surface area contributed by atoms with Crippen LogP contribution < -0.4 is 16.8 Å². The first-order valence-corrected chi connectivity index (χ1v) is 5.16. The van der Waals surface area contributed by atoms with Gasteiger partial charge in [0, 0.05) is 12.7 Å². The predicted molar refractivity (Wildman–Crippen MR) is 60.1 cm³/mol. The van der Waals surface area contributed by atoms with Gasteiger partial charge in [-0.25, -0.2) is 9.78 Å². The maximum atomic E-state index is 12.6. The summed E-state index contributed by atoms with van der Waals surface area (Å²) in [4.78, 5) is 17.0. The number of carbonyl (C=O) groups excluding carboxylic acids is 1. The molecular weight excluding hydrogens is 267 g/mol. The highest BCUT2D eigenvalue weighted by Crippen LogP contribution is 2.33. The first-order valence-electron chi connectivity index (χ1n) is 5.16. The molecule has 0 spiro atoms. The number of ether oxygens (including phenoxy) is 1. The highest BCUT2D eigenvalue weighted by atomic mass is 19.4. The van der Waals surface area contributed by atoms with Gasteiger partial charge in [0.1, 0.15) is 11.4 Å². The van der Waals surface area contributed by atoms with Crippen molar-refractivity contribution in [3.8, 4) is 0 Å². The number of hydrogen-bond acceptors (Lipinski definition) is 6. The number of nitrogens with zero attached hydrogens (tertiary/aromatic N) is 2. The van der Waals surface area contributed by atoms with E-state index in [-0.39, 0.29) is 25.5 Å². The lowest BCUT2D eigenvalue weighted by molar-refractivity contribution is -0.137. The Bertz CT molecular complexity index is 452. The van der Waals surface area contributed by atoms with Crippen molar-refractivity contribution in [1.29, 1.82) is 0 Å². The van der Waals surface area contributed by atoms with E-state index < -0.39 is 23.7 Å². The molecule has 1 rings (SSSR count). The van der Waals surface area contributed by atoms with Crippen molar-refractivity contribution < 1.29 is 22.7 Å². The van der Waals surface area contributed by atoms with Gasteiger partial charge in [-0.2, -0.15) is 18.2 Å². The van der Waals surface area contributed by atoms with Crippen LogP contribution >= 0.6 is 0 Å². The second-order valence-electron chi connectivity index (χ2n) is 3.44. The van der Waals surface area contributed by atoms with Gasteiger partial charge in [0.25, 0.3) is 0 Å². The molecule has 0 fully saturated rings. The molecule has 0 saturated heterocycles. The molecule has 106 valence electrons. The van der Waals surface area contributed by atoms with Crippen LogP contribution in [0.2, 0.25) is 0 Å². The van der Waals surface area contributed by atoms with Gasteiger partial charge in [-0.3, -0.25) is 0 Å². The molecule has 1 heterocycles. The summed E-state index contributed by atoms with van der Waals surface area (Å²) in [5.74, 6) is -0.692. The minimum atomic E-state index is -4.58. The average Bonchev–Trinajstić information content (AvgIpc) is 2.26. The van der Waals surface area contributed by atoms with Crippen LogP contribution in [0.15, 0.2) is 6.20 Å². The zero-order valence-electron chi connectivity index (χ0n) is 9.70. The van der Waals surface area contributed by atoms with Gasteiger partial charge in [-0.1, -0.05) is 0 Å². The SMILES string of the molecule is NC(=O)OCCCNc1nc(N)ncc1C(F)(F)F. The maximum absolute atomic E-state index is 12.6. The van der Waals surface area contributed by atoms with Crippen molar-refractivity contribution >= 4 is 17.9 Å². The lowest BCUT2D eigenvalue weighted by Crippen LogP contribution is -2.18. The Hall–Kier alpha value is -2.26. The van der Waals surface area contributed by atoms with Crippen molar-refractivity contribution in [2.75, 3.05) is 24.2 Å². The van der Waals surface area contributed by atoms with Gasteiger partial charge < -0.3 is 21.5 Å². The number of nitrogen functional groups attached to an aromatic ring is 1. The number of amides is 1. The van der Waals surface area contributed by atoms with E-state index in [2.05, 4.69) is 20.0 Å². The first-order chi connectivity index (χ1) is 8.80. The lowest BCUT2D eigenvalue weighted by Gasteiger charge is -2.13. The monoisotopic (exact) mass is 279 g/mol. The third kappa shape index (κ3) is 4.85. The summed E-state index contributed by atoms with van der Waals surface area (Å²) in [6, 6.07) is 0. The average molecular weight is 279 g/mol. The predicted octanol–water partition coefficient (Wildman–Crippen LogP) is 0.975. The van der Waals surface area contributed by atoms with Crippen LogP contribution in [0.25, 0.3) is 0 Å². The fourth-order valence-corrected chi connectivity index (χ4v) is 1.19. The molecule has 0 atom stereocenters. The molecule has 0 aliphatic carbocycles. The van der Waals surface area contributed by atoms with Crippen LogP contribution in [0.4, 0.5) is 29.7 Å². The fourth-order valence-electron chi connectivity index (χ4n) is 1.19. The number of primary amides is 1. The number of rotatable bonds is 5. The summed E-state index contributed by atoms with van der Waals surface area (Å²) >= 11 is 0. The van der Waals surface area contributed by atoms with Gasteiger partial charge >= 0.3 is 12.3 Å². The third-order valence-electron chi connectivity index (χ3n) is 1.97. The van der Waals surface area contributed by atoms with Gasteiger partial charge in [-0.15, -0.1) is 0 Å². The van der Waals surface area contributed by atoms with E-state index >= 15 is 0 Å². The van der Waals surface area contributed by atoms with E-state index in [0.717, 1.165) is 0 Å². The zero-order chi connectivity index (χ0) is 14.5. The fraction of sp³-hybridized carbons (Fsp3) is 0.444. The second kappa shape index (κ2) is 6.07. The van der Waals surface area contributed by atoms with Gasteiger partial charge in [0.05, 0.1) is 6.61 Å². The maximum Gasteiger partial charge on any atom is 0.421 e. The van der Waals surface area contributed by atoms with Gasteiger partial charge in [0.15, 0.2) is 0 Å². The third-order valence-corrected chi connectivity index (χ3v) is 1.97. The molecule has 0 aromatic carbocycles. The molecule has 10 heteroatoms. The van der Waals surface area contributed by atoms with E-state index in [1.807, 2.05) is 0 Å². The number of aromatic nitrogens is 2. The van der Waals surface area contributed by atoms with Crippen molar-refractivity contribution in [1.82, 2.24) is 9.97 Å². The summed E-state index contributed by atoms with van der Waals surface area (Å²) in [5, 5.41) is 2.45. The van der Waals surface area contributed by atoms with Crippen molar-refractivity contribution in [3.05, 3.63) is 11.8 Å². The molecule has 0 aliphatic rings. The Kier molecular flexibility index (Phi) is 4.73. The molecular formula is C9H12F3N5O2. The number of carbonyl (C=O) groups is 1. The molecule has 1 aromatic heterocycles. The number of hydrogen-bond donors (Lipinski definition) is 3. The summed E-state index contributed by atoms with van der Waals surface area (Å²) < 4.78 is 42.3. The van der Waals surface area contributed by atoms with Crippen molar-refractivity contribution in [3.63, 3.8) is 0 Å². The Morgan fingerprint density at radius 1 is 1.47 bits per heavy atom. The van der Waals surface area contributed by atoms with E-state index in [9.17, 15) is 18.0 Å². The minimum absolute atomic E-state index is 0.00967. The molecule has 0 aliphatic heterocycles. The highest BCUT2D eigenvalue weighted by molar-refractivity contribution is 5.64. The van der Waals surface area contributed by atoms with Crippen LogP contribution in [0.1, 0.15) is 12.0 Å². The molecule has 0 saturated carbocycles. The van der Waals surface area contributed by atoms with E-state index in [1.54, 1.807) is 0 Å². The van der Waals surface area contributed by atoms with E-state index in [0.29, 0.717) is 6.20 Å². The van der Waals surface area contributed by atoms with Crippen LogP contribution in [0.3, 0.4) is 0 Å².